The molecule has 0 N–H and O–H groups in total. The third kappa shape index (κ3) is 7.26. The van der Waals surface area contributed by atoms with Gasteiger partial charge in [0.1, 0.15) is 0 Å². The fourth-order valence-electron chi connectivity index (χ4n) is 0.610. The molecule has 0 aromatic carbocycles. The van der Waals surface area contributed by atoms with Crippen molar-refractivity contribution in [1.29, 1.82) is 0 Å². The van der Waals surface area contributed by atoms with Crippen LogP contribution in [0.3, 0.4) is 0 Å². The van der Waals surface area contributed by atoms with Crippen molar-refractivity contribution in [1.82, 2.24) is 0 Å². The van der Waals surface area contributed by atoms with Crippen LogP contribution in [-0.2, 0) is 0 Å². The Balaban J connectivity index is 3.91. The zero-order valence-electron chi connectivity index (χ0n) is 5.92. The van der Waals surface area contributed by atoms with Gasteiger partial charge in [0.05, 0.1) is 0 Å². The van der Waals surface area contributed by atoms with Crippen LogP contribution >= 0.6 is 20.2 Å². The molecule has 0 aromatic rings. The Morgan fingerprint density at radius 3 is 2.00 bits per heavy atom. The SMILES string of the molecule is CCC[Se](Cl)(Cl)CC(F)(F)F. The second-order valence-corrected chi connectivity index (χ2v) is 13.5. The van der Waals surface area contributed by atoms with Gasteiger partial charge in [-0.15, -0.1) is 0 Å². The molecule has 6 heteroatoms. The Labute approximate surface area is 74.7 Å². The van der Waals surface area contributed by atoms with E-state index >= 15 is 0 Å². The Hall–Kier alpha value is 0.889. The summed E-state index contributed by atoms with van der Waals surface area (Å²) in [6.45, 7) is 1.77. The van der Waals surface area contributed by atoms with E-state index in [1.165, 1.54) is 0 Å². The van der Waals surface area contributed by atoms with Crippen molar-refractivity contribution in [2.75, 3.05) is 0 Å². The average Bonchev–Trinajstić information content (AvgIpc) is 1.55. The van der Waals surface area contributed by atoms with Gasteiger partial charge in [-0.05, 0) is 0 Å². The molecule has 11 heavy (non-hydrogen) atoms. The predicted octanol–water partition coefficient (Wildman–Crippen LogP) is 3.88. The summed E-state index contributed by atoms with van der Waals surface area (Å²) in [5, 5.41) is -0.667. The van der Waals surface area contributed by atoms with E-state index in [0.717, 1.165) is 0 Å². The predicted molar refractivity (Wildman–Crippen MR) is 43.4 cm³/mol. The molecule has 0 atom stereocenters. The molecule has 0 saturated heterocycles. The first-order valence-electron chi connectivity index (χ1n) is 3.01. The summed E-state index contributed by atoms with van der Waals surface area (Å²) >= 11 is -3.19. The summed E-state index contributed by atoms with van der Waals surface area (Å²) in [5.74, 6) is 0. The summed E-state index contributed by atoms with van der Waals surface area (Å²) in [7, 11) is 11.0. The van der Waals surface area contributed by atoms with E-state index in [4.69, 9.17) is 20.2 Å². The minimum absolute atomic E-state index is 0.319. The molecule has 0 radical (unpaired) electrons. The van der Waals surface area contributed by atoms with Gasteiger partial charge in [0, 0.05) is 0 Å². The van der Waals surface area contributed by atoms with Gasteiger partial charge in [-0.25, -0.2) is 0 Å². The van der Waals surface area contributed by atoms with E-state index in [2.05, 4.69) is 0 Å². The van der Waals surface area contributed by atoms with E-state index in [1.54, 1.807) is 6.92 Å². The number of hydrogen-bond donors (Lipinski definition) is 0. The number of hydrogen-bond acceptors (Lipinski definition) is 0. The maximum atomic E-state index is 11.7. The van der Waals surface area contributed by atoms with Crippen LogP contribution in [-0.4, -0.2) is 17.2 Å². The Kier molecular flexibility index (Phi) is 4.56. The van der Waals surface area contributed by atoms with Gasteiger partial charge in [-0.3, -0.25) is 0 Å². The molecule has 0 rings (SSSR count). The first-order valence-corrected chi connectivity index (χ1v) is 9.94. The van der Waals surface area contributed by atoms with Crippen molar-refractivity contribution in [3.05, 3.63) is 0 Å². The van der Waals surface area contributed by atoms with Crippen molar-refractivity contribution < 1.29 is 13.2 Å². The molecule has 0 saturated carbocycles. The second kappa shape index (κ2) is 4.22. The topological polar surface area (TPSA) is 0 Å². The maximum absolute atomic E-state index is 11.7. The second-order valence-electron chi connectivity index (χ2n) is 2.16. The Morgan fingerprint density at radius 1 is 1.27 bits per heavy atom. The summed E-state index contributed by atoms with van der Waals surface area (Å²) in [4.78, 5) is 0. The molecule has 0 nitrogen and oxygen atoms in total. The van der Waals surface area contributed by atoms with Gasteiger partial charge in [-0.2, -0.15) is 0 Å². The molecule has 0 fully saturated rings. The fraction of sp³-hybridized carbons (Fsp3) is 1.00. The summed E-state index contributed by atoms with van der Waals surface area (Å²) in [6, 6.07) is 0. The summed E-state index contributed by atoms with van der Waals surface area (Å²) in [5.41, 5.74) is 0. The standard InChI is InChI=1S/C5H9Cl2F3Se/c1-2-3-11(6,7)4-5(8,9)10/h2-4H2,1H3. The molecule has 0 aliphatic rings. The van der Waals surface area contributed by atoms with Crippen molar-refractivity contribution in [3.63, 3.8) is 0 Å². The molecule has 0 heterocycles. The number of halogens is 5. The normalized spacial score (nSPS) is 15.1. The number of alkyl halides is 3. The van der Waals surface area contributed by atoms with E-state index in [1.807, 2.05) is 0 Å². The van der Waals surface area contributed by atoms with Crippen LogP contribution in [0, 0.1) is 0 Å². The van der Waals surface area contributed by atoms with Crippen LogP contribution in [0.1, 0.15) is 13.3 Å². The Morgan fingerprint density at radius 2 is 1.73 bits per heavy atom. The zero-order valence-corrected chi connectivity index (χ0v) is 9.14. The molecule has 0 aromatic heterocycles. The van der Waals surface area contributed by atoms with Crippen LogP contribution in [0.15, 0.2) is 0 Å². The van der Waals surface area contributed by atoms with E-state index in [-0.39, 0.29) is 0 Å². The van der Waals surface area contributed by atoms with Crippen LogP contribution in [0.5, 0.6) is 0 Å². The van der Waals surface area contributed by atoms with Crippen molar-refractivity contribution in [2.24, 2.45) is 0 Å². The Bertz CT molecular complexity index is 123. The monoisotopic (exact) mass is 276 g/mol. The van der Waals surface area contributed by atoms with E-state index in [0.29, 0.717) is 11.7 Å². The minimum atomic E-state index is -4.21. The van der Waals surface area contributed by atoms with Gasteiger partial charge < -0.3 is 0 Å². The first-order chi connectivity index (χ1) is 4.77. The zero-order chi connectivity index (χ0) is 9.12. The molecular weight excluding hydrogens is 267 g/mol. The van der Waals surface area contributed by atoms with Crippen molar-refractivity contribution >= 4 is 31.2 Å². The summed E-state index contributed by atoms with van der Waals surface area (Å²) < 4.78 is 35.2. The van der Waals surface area contributed by atoms with Crippen molar-refractivity contribution in [3.8, 4) is 0 Å². The molecule has 70 valence electrons. The average molecular weight is 276 g/mol. The molecule has 0 spiro atoms. The summed E-state index contributed by atoms with van der Waals surface area (Å²) in [6.07, 6.45) is -3.60. The molecule has 0 aliphatic heterocycles. The molecule has 0 amide bonds. The molecule has 0 bridgehead atoms. The van der Waals surface area contributed by atoms with Gasteiger partial charge in [0.15, 0.2) is 0 Å². The van der Waals surface area contributed by atoms with E-state index < -0.39 is 22.5 Å². The molecule has 0 aliphatic carbocycles. The van der Waals surface area contributed by atoms with Crippen LogP contribution < -0.4 is 0 Å². The van der Waals surface area contributed by atoms with E-state index in [9.17, 15) is 13.2 Å². The van der Waals surface area contributed by atoms with Gasteiger partial charge in [0.25, 0.3) is 0 Å². The third-order valence-corrected chi connectivity index (χ3v) is 7.30. The quantitative estimate of drug-likeness (QED) is 0.686. The molecule has 0 unspecified atom stereocenters. The van der Waals surface area contributed by atoms with Gasteiger partial charge >= 0.3 is 74.5 Å². The van der Waals surface area contributed by atoms with Crippen molar-refractivity contribution in [2.45, 2.75) is 30.2 Å². The van der Waals surface area contributed by atoms with Gasteiger partial charge in [0.2, 0.25) is 0 Å². The molecular formula is C5H9Cl2F3Se. The fourth-order valence-corrected chi connectivity index (χ4v) is 6.06. The third-order valence-electron chi connectivity index (χ3n) is 0.878. The van der Waals surface area contributed by atoms with Crippen LogP contribution in [0.25, 0.3) is 0 Å². The number of rotatable bonds is 3. The van der Waals surface area contributed by atoms with Gasteiger partial charge in [-0.1, -0.05) is 0 Å². The van der Waals surface area contributed by atoms with Crippen LogP contribution in [0.4, 0.5) is 13.2 Å². The first kappa shape index (κ1) is 11.9. The van der Waals surface area contributed by atoms with Crippen LogP contribution in [0.2, 0.25) is 10.6 Å².